The lowest BCUT2D eigenvalue weighted by atomic mass is 10.2. The third-order valence-corrected chi connectivity index (χ3v) is 3.33. The Hall–Kier alpha value is -1.57. The van der Waals surface area contributed by atoms with E-state index in [2.05, 4.69) is 20.7 Å². The summed E-state index contributed by atoms with van der Waals surface area (Å²) in [6.45, 7) is 5.12. The molecule has 2 N–H and O–H groups in total. The zero-order valence-electron chi connectivity index (χ0n) is 11.7. The number of halogens is 1. The molecule has 1 aliphatic heterocycles. The maximum Gasteiger partial charge on any atom is 0.187 e. The highest BCUT2D eigenvalue weighted by Crippen LogP contribution is 2.02. The highest BCUT2D eigenvalue weighted by atomic mass is 32.1. The van der Waals surface area contributed by atoms with E-state index < -0.39 is 0 Å². The molecular weight excluding hydrogens is 291 g/mol. The van der Waals surface area contributed by atoms with Crippen LogP contribution in [0.1, 0.15) is 5.56 Å². The van der Waals surface area contributed by atoms with Gasteiger partial charge < -0.3 is 10.1 Å². The molecule has 0 atom stereocenters. The summed E-state index contributed by atoms with van der Waals surface area (Å²) in [5, 5.41) is 7.40. The Morgan fingerprint density at radius 1 is 1.38 bits per heavy atom. The molecule has 0 aromatic heterocycles. The van der Waals surface area contributed by atoms with Crippen molar-refractivity contribution in [1.29, 1.82) is 0 Å². The van der Waals surface area contributed by atoms with Crippen LogP contribution in [0.3, 0.4) is 0 Å². The van der Waals surface area contributed by atoms with Crippen LogP contribution in [-0.4, -0.2) is 55.6 Å². The van der Waals surface area contributed by atoms with Crippen molar-refractivity contribution >= 4 is 23.5 Å². The normalized spacial score (nSPS) is 16.0. The predicted octanol–water partition coefficient (Wildman–Crippen LogP) is 0.956. The van der Waals surface area contributed by atoms with Gasteiger partial charge in [0, 0.05) is 31.7 Å². The smallest absolute Gasteiger partial charge is 0.187 e. The fourth-order valence-corrected chi connectivity index (χ4v) is 2.09. The van der Waals surface area contributed by atoms with Gasteiger partial charge in [0.1, 0.15) is 5.82 Å². The number of thiocarbonyl (C=S) groups is 1. The first-order valence-electron chi connectivity index (χ1n) is 6.87. The SMILES string of the molecule is Fc1ccccc1/C=N/NC(=S)NCCN1CCOCC1. The Labute approximate surface area is 129 Å². The molecule has 0 saturated carbocycles. The number of benzene rings is 1. The number of rotatable bonds is 5. The fourth-order valence-electron chi connectivity index (χ4n) is 1.93. The van der Waals surface area contributed by atoms with E-state index in [-0.39, 0.29) is 5.82 Å². The number of hydrogen-bond donors (Lipinski definition) is 2. The monoisotopic (exact) mass is 310 g/mol. The van der Waals surface area contributed by atoms with Gasteiger partial charge in [-0.3, -0.25) is 10.3 Å². The summed E-state index contributed by atoms with van der Waals surface area (Å²) >= 11 is 5.10. The zero-order valence-corrected chi connectivity index (χ0v) is 12.5. The van der Waals surface area contributed by atoms with Crippen molar-refractivity contribution in [1.82, 2.24) is 15.6 Å². The van der Waals surface area contributed by atoms with Gasteiger partial charge in [-0.15, -0.1) is 0 Å². The largest absolute Gasteiger partial charge is 0.379 e. The van der Waals surface area contributed by atoms with Crippen molar-refractivity contribution in [3.63, 3.8) is 0 Å². The highest BCUT2D eigenvalue weighted by Gasteiger charge is 2.09. The standard InChI is InChI=1S/C14H19FN4OS/c15-13-4-2-1-3-12(13)11-17-18-14(21)16-5-6-19-7-9-20-10-8-19/h1-4,11H,5-10H2,(H2,16,18,21)/b17-11+. The maximum atomic E-state index is 13.3. The second-order valence-electron chi connectivity index (χ2n) is 4.60. The molecule has 0 spiro atoms. The minimum Gasteiger partial charge on any atom is -0.379 e. The Balaban J connectivity index is 1.64. The van der Waals surface area contributed by atoms with E-state index >= 15 is 0 Å². The van der Waals surface area contributed by atoms with E-state index in [1.165, 1.54) is 12.3 Å². The molecule has 1 aliphatic rings. The first-order chi connectivity index (χ1) is 10.3. The van der Waals surface area contributed by atoms with Crippen molar-refractivity contribution in [2.45, 2.75) is 0 Å². The van der Waals surface area contributed by atoms with Gasteiger partial charge in [-0.05, 0) is 18.3 Å². The summed E-state index contributed by atoms with van der Waals surface area (Å²) in [5.74, 6) is -0.311. The van der Waals surface area contributed by atoms with Crippen LogP contribution < -0.4 is 10.7 Å². The van der Waals surface area contributed by atoms with E-state index in [0.717, 1.165) is 39.4 Å². The lowest BCUT2D eigenvalue weighted by molar-refractivity contribution is 0.0389. The Bertz CT molecular complexity index is 492. The Morgan fingerprint density at radius 2 is 2.14 bits per heavy atom. The average molecular weight is 310 g/mol. The fraction of sp³-hybridized carbons (Fsp3) is 0.429. The van der Waals surface area contributed by atoms with Crippen LogP contribution in [0.2, 0.25) is 0 Å². The molecule has 1 aromatic rings. The number of ether oxygens (including phenoxy) is 1. The summed E-state index contributed by atoms with van der Waals surface area (Å²) in [7, 11) is 0. The highest BCUT2D eigenvalue weighted by molar-refractivity contribution is 7.80. The molecule has 2 rings (SSSR count). The van der Waals surface area contributed by atoms with Gasteiger partial charge in [-0.25, -0.2) is 4.39 Å². The molecule has 1 saturated heterocycles. The lowest BCUT2D eigenvalue weighted by Crippen LogP contribution is -2.42. The predicted molar refractivity (Wildman–Crippen MR) is 85.0 cm³/mol. The molecule has 5 nitrogen and oxygen atoms in total. The van der Waals surface area contributed by atoms with Crippen LogP contribution in [0.4, 0.5) is 4.39 Å². The molecule has 0 bridgehead atoms. The molecule has 0 amide bonds. The molecular formula is C14H19FN4OS. The third-order valence-electron chi connectivity index (χ3n) is 3.09. The number of hydrogen-bond acceptors (Lipinski definition) is 4. The minimum absolute atomic E-state index is 0.311. The first kappa shape index (κ1) is 15.8. The van der Waals surface area contributed by atoms with E-state index in [9.17, 15) is 4.39 Å². The average Bonchev–Trinajstić information content (AvgIpc) is 2.50. The topological polar surface area (TPSA) is 48.9 Å². The number of nitrogens with one attached hydrogen (secondary N) is 2. The Morgan fingerprint density at radius 3 is 2.90 bits per heavy atom. The van der Waals surface area contributed by atoms with Crippen molar-refractivity contribution in [3.05, 3.63) is 35.6 Å². The van der Waals surface area contributed by atoms with E-state index in [1.807, 2.05) is 0 Å². The minimum atomic E-state index is -0.311. The van der Waals surface area contributed by atoms with Crippen molar-refractivity contribution in [2.24, 2.45) is 5.10 Å². The zero-order chi connectivity index (χ0) is 14.9. The maximum absolute atomic E-state index is 13.3. The van der Waals surface area contributed by atoms with Crippen LogP contribution in [0.15, 0.2) is 29.4 Å². The first-order valence-corrected chi connectivity index (χ1v) is 7.28. The summed E-state index contributed by atoms with van der Waals surface area (Å²) in [6.07, 6.45) is 1.41. The van der Waals surface area contributed by atoms with Gasteiger partial charge in [-0.2, -0.15) is 5.10 Å². The summed E-state index contributed by atoms with van der Waals surface area (Å²) in [6, 6.07) is 6.43. The number of morpholine rings is 1. The van der Waals surface area contributed by atoms with Gasteiger partial charge in [0.05, 0.1) is 19.4 Å². The Kier molecular flexibility index (Phi) is 6.52. The summed E-state index contributed by atoms with van der Waals surface area (Å²) in [5.41, 5.74) is 3.09. The number of nitrogens with zero attached hydrogens (tertiary/aromatic N) is 2. The molecule has 114 valence electrons. The molecule has 7 heteroatoms. The lowest BCUT2D eigenvalue weighted by Gasteiger charge is -2.26. The van der Waals surface area contributed by atoms with Crippen molar-refractivity contribution in [2.75, 3.05) is 39.4 Å². The summed E-state index contributed by atoms with van der Waals surface area (Å²) in [4.78, 5) is 2.31. The molecule has 1 heterocycles. The molecule has 0 unspecified atom stereocenters. The molecule has 1 aromatic carbocycles. The molecule has 1 fully saturated rings. The van der Waals surface area contributed by atoms with Gasteiger partial charge in [-0.1, -0.05) is 18.2 Å². The van der Waals surface area contributed by atoms with Gasteiger partial charge in [0.25, 0.3) is 0 Å². The van der Waals surface area contributed by atoms with Crippen LogP contribution in [0.25, 0.3) is 0 Å². The van der Waals surface area contributed by atoms with Crippen LogP contribution in [0.5, 0.6) is 0 Å². The van der Waals surface area contributed by atoms with Crippen LogP contribution >= 0.6 is 12.2 Å². The second kappa shape index (κ2) is 8.66. The van der Waals surface area contributed by atoms with Gasteiger partial charge >= 0.3 is 0 Å². The van der Waals surface area contributed by atoms with E-state index in [4.69, 9.17) is 17.0 Å². The van der Waals surface area contributed by atoms with Crippen LogP contribution in [0, 0.1) is 5.82 Å². The van der Waals surface area contributed by atoms with E-state index in [1.54, 1.807) is 18.2 Å². The van der Waals surface area contributed by atoms with Gasteiger partial charge in [0.2, 0.25) is 0 Å². The quantitative estimate of drug-likeness (QED) is 0.482. The molecule has 0 aliphatic carbocycles. The second-order valence-corrected chi connectivity index (χ2v) is 5.01. The molecule has 0 radical (unpaired) electrons. The van der Waals surface area contributed by atoms with Crippen LogP contribution in [-0.2, 0) is 4.74 Å². The number of hydrazone groups is 1. The van der Waals surface area contributed by atoms with E-state index in [0.29, 0.717) is 10.7 Å². The van der Waals surface area contributed by atoms with Gasteiger partial charge in [0.15, 0.2) is 5.11 Å². The third kappa shape index (κ3) is 5.74. The summed E-state index contributed by atoms with van der Waals surface area (Å²) < 4.78 is 18.6. The van der Waals surface area contributed by atoms with Crippen molar-refractivity contribution < 1.29 is 9.13 Å². The van der Waals surface area contributed by atoms with Crippen molar-refractivity contribution in [3.8, 4) is 0 Å². The molecule has 21 heavy (non-hydrogen) atoms.